The number of imide groups is 1. The summed E-state index contributed by atoms with van der Waals surface area (Å²) in [4.78, 5) is 42.1. The van der Waals surface area contributed by atoms with Gasteiger partial charge in [-0.2, -0.15) is 0 Å². The van der Waals surface area contributed by atoms with Crippen LogP contribution in [0.15, 0.2) is 36.5 Å². The molecule has 26 heavy (non-hydrogen) atoms. The highest BCUT2D eigenvalue weighted by Gasteiger charge is 2.31. The molecule has 1 saturated heterocycles. The van der Waals surface area contributed by atoms with E-state index in [1.165, 1.54) is 4.90 Å². The summed E-state index contributed by atoms with van der Waals surface area (Å²) in [5.41, 5.74) is 3.28. The van der Waals surface area contributed by atoms with Crippen LogP contribution in [0.3, 0.4) is 0 Å². The Morgan fingerprint density at radius 2 is 2.08 bits per heavy atom. The van der Waals surface area contributed by atoms with Crippen LogP contribution in [-0.2, 0) is 4.79 Å². The Labute approximate surface area is 149 Å². The second-order valence-corrected chi connectivity index (χ2v) is 6.18. The van der Waals surface area contributed by atoms with Crippen LogP contribution in [0.4, 0.5) is 21.0 Å². The van der Waals surface area contributed by atoms with Gasteiger partial charge in [0.2, 0.25) is 0 Å². The topological polar surface area (TPSA) is 97.5 Å². The number of fused-ring (bicyclic) bond motifs is 1. The molecule has 0 atom stereocenters. The van der Waals surface area contributed by atoms with Crippen molar-refractivity contribution in [1.82, 2.24) is 14.8 Å². The van der Waals surface area contributed by atoms with Crippen molar-refractivity contribution in [2.75, 3.05) is 30.8 Å². The number of aromatic amines is 1. The smallest absolute Gasteiger partial charge is 0.330 e. The average molecular weight is 351 g/mol. The first kappa shape index (κ1) is 15.9. The number of aromatic nitrogens is 1. The first-order chi connectivity index (χ1) is 12.5. The summed E-state index contributed by atoms with van der Waals surface area (Å²) in [6.07, 6.45) is 3.56. The number of hydrogen-bond donors (Lipinski definition) is 3. The summed E-state index contributed by atoms with van der Waals surface area (Å²) >= 11 is 0. The van der Waals surface area contributed by atoms with Crippen LogP contribution in [0.25, 0.3) is 11.6 Å². The van der Waals surface area contributed by atoms with Crippen LogP contribution in [-0.4, -0.2) is 52.9 Å². The number of carbonyl (C=O) groups is 3. The van der Waals surface area contributed by atoms with Crippen molar-refractivity contribution in [1.29, 1.82) is 0 Å². The van der Waals surface area contributed by atoms with Gasteiger partial charge in [0.25, 0.3) is 5.91 Å². The highest BCUT2D eigenvalue weighted by Crippen LogP contribution is 2.35. The molecule has 0 unspecified atom stereocenters. The first-order valence-electron chi connectivity index (χ1n) is 8.17. The number of nitrogens with zero attached hydrogens (tertiary/aromatic N) is 2. The fourth-order valence-electron chi connectivity index (χ4n) is 3.03. The number of benzene rings is 1. The molecule has 1 aromatic carbocycles. The predicted molar refractivity (Wildman–Crippen MR) is 97.5 cm³/mol. The molecule has 0 saturated carbocycles. The number of H-pyrrole nitrogens is 1. The van der Waals surface area contributed by atoms with Crippen LogP contribution < -0.4 is 10.6 Å². The number of likely N-dealkylation sites (N-methyl/N-ethyl adjacent to an activating group) is 1. The van der Waals surface area contributed by atoms with Crippen molar-refractivity contribution < 1.29 is 14.4 Å². The molecule has 2 aromatic rings. The third-order valence-corrected chi connectivity index (χ3v) is 4.44. The van der Waals surface area contributed by atoms with E-state index in [0.29, 0.717) is 30.0 Å². The molecule has 132 valence electrons. The molecule has 3 N–H and O–H groups in total. The van der Waals surface area contributed by atoms with E-state index in [1.54, 1.807) is 37.5 Å². The third kappa shape index (κ3) is 2.71. The summed E-state index contributed by atoms with van der Waals surface area (Å²) in [6.45, 7) is 0.866. The van der Waals surface area contributed by atoms with Crippen LogP contribution in [0.2, 0.25) is 0 Å². The quantitative estimate of drug-likeness (QED) is 0.725. The second-order valence-electron chi connectivity index (χ2n) is 6.18. The van der Waals surface area contributed by atoms with Gasteiger partial charge in [-0.25, -0.2) is 14.5 Å². The molecular weight excluding hydrogens is 334 g/mol. The van der Waals surface area contributed by atoms with Crippen LogP contribution in [0, 0.1) is 0 Å². The van der Waals surface area contributed by atoms with E-state index < -0.39 is 6.03 Å². The van der Waals surface area contributed by atoms with Crippen molar-refractivity contribution in [3.63, 3.8) is 0 Å². The zero-order valence-corrected chi connectivity index (χ0v) is 14.1. The summed E-state index contributed by atoms with van der Waals surface area (Å²) in [7, 11) is 1.65. The van der Waals surface area contributed by atoms with E-state index in [0.717, 1.165) is 16.2 Å². The van der Waals surface area contributed by atoms with Crippen LogP contribution in [0.5, 0.6) is 0 Å². The molecule has 1 fully saturated rings. The number of nitrogens with one attached hydrogen (secondary N) is 3. The number of hydrogen-bond acceptors (Lipinski definition) is 3. The van der Waals surface area contributed by atoms with Gasteiger partial charge < -0.3 is 20.5 Å². The van der Waals surface area contributed by atoms with E-state index in [1.807, 2.05) is 12.1 Å². The second kappa shape index (κ2) is 6.07. The normalized spacial score (nSPS) is 17.7. The first-order valence-corrected chi connectivity index (χ1v) is 8.17. The molecule has 8 nitrogen and oxygen atoms in total. The Balaban J connectivity index is 1.55. The minimum absolute atomic E-state index is 0.200. The third-order valence-electron chi connectivity index (χ3n) is 4.44. The van der Waals surface area contributed by atoms with Crippen molar-refractivity contribution in [2.45, 2.75) is 0 Å². The van der Waals surface area contributed by atoms with Gasteiger partial charge in [0.1, 0.15) is 0 Å². The molecule has 8 heteroatoms. The lowest BCUT2D eigenvalue weighted by atomic mass is 10.1. The number of rotatable bonds is 2. The van der Waals surface area contributed by atoms with Gasteiger partial charge in [-0.1, -0.05) is 6.07 Å². The molecular formula is C18H17N5O3. The fraction of sp³-hybridized carbons (Fsp3) is 0.167. The van der Waals surface area contributed by atoms with Crippen molar-refractivity contribution in [2.24, 2.45) is 0 Å². The summed E-state index contributed by atoms with van der Waals surface area (Å²) < 4.78 is 0. The Morgan fingerprint density at radius 3 is 2.77 bits per heavy atom. The highest BCUT2D eigenvalue weighted by molar-refractivity contribution is 6.35. The van der Waals surface area contributed by atoms with E-state index in [4.69, 9.17) is 0 Å². The average Bonchev–Trinajstić information content (AvgIpc) is 3.30. The van der Waals surface area contributed by atoms with Crippen molar-refractivity contribution >= 4 is 41.0 Å². The number of anilines is 2. The van der Waals surface area contributed by atoms with Gasteiger partial charge in [0.05, 0.1) is 11.3 Å². The minimum Gasteiger partial charge on any atom is -0.362 e. The fourth-order valence-corrected chi connectivity index (χ4v) is 3.03. The van der Waals surface area contributed by atoms with E-state index in [2.05, 4.69) is 15.6 Å². The lowest BCUT2D eigenvalue weighted by Gasteiger charge is -2.15. The minimum atomic E-state index is -0.481. The van der Waals surface area contributed by atoms with E-state index >= 15 is 0 Å². The number of carbonyl (C=O) groups excluding carboxylic acids is 3. The lowest BCUT2D eigenvalue weighted by molar-refractivity contribution is -0.110. The van der Waals surface area contributed by atoms with Gasteiger partial charge in [-0.3, -0.25) is 4.79 Å². The number of amides is 5. The molecule has 3 heterocycles. The SMILES string of the molecule is CN1CCN(C(=O)Nc2ccc3c(c2)NC(=O)C3=Cc2ccc[nH]2)C1=O. The van der Waals surface area contributed by atoms with Gasteiger partial charge in [0, 0.05) is 43.3 Å². The van der Waals surface area contributed by atoms with Crippen molar-refractivity contribution in [3.8, 4) is 0 Å². The largest absolute Gasteiger partial charge is 0.362 e. The molecule has 2 aliphatic heterocycles. The van der Waals surface area contributed by atoms with E-state index in [9.17, 15) is 14.4 Å². The van der Waals surface area contributed by atoms with Crippen LogP contribution in [0.1, 0.15) is 11.3 Å². The Hall–Kier alpha value is -3.55. The molecule has 0 aliphatic carbocycles. The van der Waals surface area contributed by atoms with Gasteiger partial charge in [0.15, 0.2) is 0 Å². The maximum atomic E-state index is 12.3. The zero-order valence-electron chi connectivity index (χ0n) is 14.1. The van der Waals surface area contributed by atoms with Gasteiger partial charge in [-0.15, -0.1) is 0 Å². The molecule has 0 spiro atoms. The van der Waals surface area contributed by atoms with Crippen LogP contribution >= 0.6 is 0 Å². The molecule has 4 rings (SSSR count). The van der Waals surface area contributed by atoms with Gasteiger partial charge in [-0.05, 0) is 30.3 Å². The molecule has 0 bridgehead atoms. The van der Waals surface area contributed by atoms with Gasteiger partial charge >= 0.3 is 12.1 Å². The molecule has 1 aromatic heterocycles. The number of urea groups is 2. The highest BCUT2D eigenvalue weighted by atomic mass is 16.2. The lowest BCUT2D eigenvalue weighted by Crippen LogP contribution is -2.37. The molecule has 2 aliphatic rings. The standard InChI is InChI=1S/C18H17N5O3/c1-22-7-8-23(18(22)26)17(25)20-12-4-5-13-14(9-11-3-2-6-19-11)16(24)21-15(13)10-12/h2-6,9-10,19H,7-8H2,1H3,(H,20,25)(H,21,24). The summed E-state index contributed by atoms with van der Waals surface area (Å²) in [5.74, 6) is -0.200. The summed E-state index contributed by atoms with van der Waals surface area (Å²) in [5, 5.41) is 5.50. The van der Waals surface area contributed by atoms with Crippen molar-refractivity contribution in [3.05, 3.63) is 47.8 Å². The monoisotopic (exact) mass is 351 g/mol. The summed E-state index contributed by atoms with van der Waals surface area (Å²) in [6, 6.07) is 8.09. The Bertz CT molecular complexity index is 932. The zero-order chi connectivity index (χ0) is 18.3. The predicted octanol–water partition coefficient (Wildman–Crippen LogP) is 2.41. The maximum absolute atomic E-state index is 12.3. The Kier molecular flexibility index (Phi) is 3.72. The molecule has 0 radical (unpaired) electrons. The molecule has 5 amide bonds. The maximum Gasteiger partial charge on any atom is 0.330 e. The van der Waals surface area contributed by atoms with E-state index in [-0.39, 0.29) is 11.9 Å². The Morgan fingerprint density at radius 1 is 1.23 bits per heavy atom.